The molecule has 5 nitrogen and oxygen atoms in total. The number of benzene rings is 2. The van der Waals surface area contributed by atoms with E-state index in [1.807, 2.05) is 30.1 Å². The quantitative estimate of drug-likeness (QED) is 0.838. The first-order valence-electron chi connectivity index (χ1n) is 9.60. The molecule has 1 heterocycles. The molecule has 0 unspecified atom stereocenters. The minimum absolute atomic E-state index is 0.181. The number of anilines is 1. The van der Waals surface area contributed by atoms with Crippen molar-refractivity contribution in [3.05, 3.63) is 59.2 Å². The summed E-state index contributed by atoms with van der Waals surface area (Å²) in [5.41, 5.74) is 4.57. The molecule has 3 rings (SSSR count). The maximum Gasteiger partial charge on any atom is 0.277 e. The number of rotatable bonds is 5. The highest BCUT2D eigenvalue weighted by atomic mass is 16.3. The van der Waals surface area contributed by atoms with Crippen LogP contribution in [-0.4, -0.2) is 55.7 Å². The van der Waals surface area contributed by atoms with Crippen LogP contribution in [0, 0.1) is 13.8 Å². The Kier molecular flexibility index (Phi) is 6.01. The van der Waals surface area contributed by atoms with Crippen molar-refractivity contribution in [1.82, 2.24) is 4.90 Å². The molecule has 0 aromatic heterocycles. The van der Waals surface area contributed by atoms with Crippen LogP contribution < -0.4 is 9.80 Å². The van der Waals surface area contributed by atoms with Crippen LogP contribution in [0.5, 0.6) is 5.75 Å². The SMILES string of the molecule is Cc1ccc(CN(C)C(=O)C[NH+]2CCN(c3ccccc3O)CC2)c(C)c1. The van der Waals surface area contributed by atoms with Crippen LogP contribution in [0.4, 0.5) is 5.69 Å². The fourth-order valence-electron chi connectivity index (χ4n) is 3.69. The van der Waals surface area contributed by atoms with Crippen molar-refractivity contribution in [3.63, 3.8) is 0 Å². The largest absolute Gasteiger partial charge is 0.506 e. The van der Waals surface area contributed by atoms with Gasteiger partial charge in [0.2, 0.25) is 0 Å². The van der Waals surface area contributed by atoms with Gasteiger partial charge >= 0.3 is 0 Å². The van der Waals surface area contributed by atoms with Crippen LogP contribution in [0.25, 0.3) is 0 Å². The molecule has 5 heteroatoms. The number of nitrogens with one attached hydrogen (secondary N) is 1. The van der Waals surface area contributed by atoms with Gasteiger partial charge in [-0.2, -0.15) is 0 Å². The summed E-state index contributed by atoms with van der Waals surface area (Å²) in [6, 6.07) is 13.8. The van der Waals surface area contributed by atoms with Crippen LogP contribution in [-0.2, 0) is 11.3 Å². The van der Waals surface area contributed by atoms with Crippen LogP contribution in [0.3, 0.4) is 0 Å². The number of hydrogen-bond acceptors (Lipinski definition) is 3. The Hall–Kier alpha value is -2.53. The topological polar surface area (TPSA) is 48.2 Å². The zero-order chi connectivity index (χ0) is 19.4. The number of nitrogens with zero attached hydrogens (tertiary/aromatic N) is 2. The highest BCUT2D eigenvalue weighted by Gasteiger charge is 2.25. The zero-order valence-electron chi connectivity index (χ0n) is 16.5. The van der Waals surface area contributed by atoms with E-state index in [-0.39, 0.29) is 5.91 Å². The molecule has 1 aliphatic heterocycles. The summed E-state index contributed by atoms with van der Waals surface area (Å²) < 4.78 is 0. The molecule has 0 aliphatic carbocycles. The summed E-state index contributed by atoms with van der Waals surface area (Å²) in [4.78, 5) is 18.0. The summed E-state index contributed by atoms with van der Waals surface area (Å²) in [7, 11) is 1.89. The second kappa shape index (κ2) is 8.44. The minimum atomic E-state index is 0.181. The molecule has 1 fully saturated rings. The third-order valence-electron chi connectivity index (χ3n) is 5.43. The summed E-state index contributed by atoms with van der Waals surface area (Å²) in [6.07, 6.45) is 0. The maximum atomic E-state index is 12.7. The lowest BCUT2D eigenvalue weighted by atomic mass is 10.1. The van der Waals surface area contributed by atoms with Crippen molar-refractivity contribution in [1.29, 1.82) is 0 Å². The van der Waals surface area contributed by atoms with Gasteiger partial charge in [-0.3, -0.25) is 4.79 Å². The molecule has 0 bridgehead atoms. The molecular weight excluding hydrogens is 338 g/mol. The average Bonchev–Trinajstić information content (AvgIpc) is 2.65. The normalized spacial score (nSPS) is 15.0. The Labute approximate surface area is 161 Å². The number of likely N-dealkylation sites (N-methyl/N-ethyl adjacent to an activating group) is 1. The van der Waals surface area contributed by atoms with Gasteiger partial charge in [-0.1, -0.05) is 35.9 Å². The van der Waals surface area contributed by atoms with Gasteiger partial charge in [0.1, 0.15) is 5.75 Å². The number of piperazine rings is 1. The van der Waals surface area contributed by atoms with Gasteiger partial charge < -0.3 is 19.8 Å². The van der Waals surface area contributed by atoms with Crippen LogP contribution >= 0.6 is 0 Å². The molecule has 0 atom stereocenters. The molecule has 0 spiro atoms. The van der Waals surface area contributed by atoms with Crippen molar-refractivity contribution in [2.75, 3.05) is 44.7 Å². The van der Waals surface area contributed by atoms with Crippen molar-refractivity contribution in [2.45, 2.75) is 20.4 Å². The molecular formula is C22H30N3O2+. The van der Waals surface area contributed by atoms with Gasteiger partial charge in [0.05, 0.1) is 31.9 Å². The molecule has 1 aliphatic rings. The van der Waals surface area contributed by atoms with Gasteiger partial charge in [0.25, 0.3) is 5.91 Å². The number of quaternary nitrogens is 1. The van der Waals surface area contributed by atoms with Crippen molar-refractivity contribution >= 4 is 11.6 Å². The first kappa shape index (κ1) is 19.2. The molecule has 0 saturated carbocycles. The fraction of sp³-hybridized carbons (Fsp3) is 0.409. The number of carbonyl (C=O) groups is 1. The lowest BCUT2D eigenvalue weighted by molar-refractivity contribution is -0.892. The number of phenols is 1. The molecule has 2 aromatic rings. The summed E-state index contributed by atoms with van der Waals surface area (Å²) >= 11 is 0. The second-order valence-electron chi connectivity index (χ2n) is 7.58. The Morgan fingerprint density at radius 2 is 1.85 bits per heavy atom. The van der Waals surface area contributed by atoms with Gasteiger partial charge in [-0.25, -0.2) is 0 Å². The molecule has 0 radical (unpaired) electrons. The lowest BCUT2D eigenvalue weighted by Gasteiger charge is -2.34. The summed E-state index contributed by atoms with van der Waals surface area (Å²) in [5.74, 6) is 0.506. The first-order chi connectivity index (χ1) is 12.9. The summed E-state index contributed by atoms with van der Waals surface area (Å²) in [5, 5.41) is 10.0. The molecule has 1 saturated heterocycles. The predicted molar refractivity (Wildman–Crippen MR) is 108 cm³/mol. The number of phenolic OH excluding ortho intramolecular Hbond substituents is 1. The van der Waals surface area contributed by atoms with Gasteiger partial charge in [-0.15, -0.1) is 0 Å². The maximum absolute atomic E-state index is 12.7. The van der Waals surface area contributed by atoms with E-state index < -0.39 is 0 Å². The predicted octanol–water partition coefficient (Wildman–Crippen LogP) is 1.37. The Bertz CT molecular complexity index is 798. The van der Waals surface area contributed by atoms with E-state index in [1.165, 1.54) is 21.6 Å². The third kappa shape index (κ3) is 4.80. The molecule has 27 heavy (non-hydrogen) atoms. The third-order valence-corrected chi connectivity index (χ3v) is 5.43. The minimum Gasteiger partial charge on any atom is -0.506 e. The number of aryl methyl sites for hydroxylation is 2. The van der Waals surface area contributed by atoms with Crippen LogP contribution in [0.15, 0.2) is 42.5 Å². The van der Waals surface area contributed by atoms with Crippen LogP contribution in [0.2, 0.25) is 0 Å². The van der Waals surface area contributed by atoms with Crippen molar-refractivity contribution in [2.24, 2.45) is 0 Å². The Morgan fingerprint density at radius 1 is 1.15 bits per heavy atom. The van der Waals surface area contributed by atoms with E-state index in [0.29, 0.717) is 18.8 Å². The van der Waals surface area contributed by atoms with Gasteiger partial charge in [-0.05, 0) is 37.1 Å². The number of carbonyl (C=O) groups excluding carboxylic acids is 1. The number of para-hydroxylation sites is 2. The second-order valence-corrected chi connectivity index (χ2v) is 7.58. The molecule has 2 N–H and O–H groups in total. The number of amides is 1. The van der Waals surface area contributed by atoms with Gasteiger partial charge in [0, 0.05) is 13.6 Å². The monoisotopic (exact) mass is 368 g/mol. The van der Waals surface area contributed by atoms with E-state index in [1.54, 1.807) is 6.07 Å². The highest BCUT2D eigenvalue weighted by molar-refractivity contribution is 5.76. The van der Waals surface area contributed by atoms with E-state index in [2.05, 4.69) is 36.9 Å². The first-order valence-corrected chi connectivity index (χ1v) is 9.60. The van der Waals surface area contributed by atoms with E-state index >= 15 is 0 Å². The van der Waals surface area contributed by atoms with Crippen LogP contribution in [0.1, 0.15) is 16.7 Å². The Morgan fingerprint density at radius 3 is 2.52 bits per heavy atom. The molecule has 2 aromatic carbocycles. The highest BCUT2D eigenvalue weighted by Crippen LogP contribution is 2.25. The number of hydrogen-bond donors (Lipinski definition) is 2. The summed E-state index contributed by atoms with van der Waals surface area (Å²) in [6.45, 7) is 8.86. The van der Waals surface area contributed by atoms with E-state index in [4.69, 9.17) is 0 Å². The molecule has 1 amide bonds. The van der Waals surface area contributed by atoms with Crippen molar-refractivity contribution in [3.8, 4) is 5.75 Å². The number of aromatic hydroxyl groups is 1. The lowest BCUT2D eigenvalue weighted by Crippen LogP contribution is -3.15. The standard InChI is InChI=1S/C22H29N3O2/c1-17-8-9-19(18(2)14-17)15-23(3)22(27)16-24-10-12-25(13-11-24)20-6-4-5-7-21(20)26/h4-9,14,26H,10-13,15-16H2,1-3H3/p+1. The fourth-order valence-corrected chi connectivity index (χ4v) is 3.69. The van der Waals surface area contributed by atoms with Gasteiger partial charge in [0.15, 0.2) is 6.54 Å². The van der Waals surface area contributed by atoms with E-state index in [9.17, 15) is 9.90 Å². The Balaban J connectivity index is 1.51. The molecule has 144 valence electrons. The van der Waals surface area contributed by atoms with E-state index in [0.717, 1.165) is 31.9 Å². The van der Waals surface area contributed by atoms with Crippen molar-refractivity contribution < 1.29 is 14.8 Å². The average molecular weight is 369 g/mol. The zero-order valence-corrected chi connectivity index (χ0v) is 16.5. The smallest absolute Gasteiger partial charge is 0.277 e.